The molecule has 2 aromatic rings. The van der Waals surface area contributed by atoms with Crippen molar-refractivity contribution in [1.82, 2.24) is 20.3 Å². The highest BCUT2D eigenvalue weighted by atomic mass is 32.2. The Kier molecular flexibility index (Phi) is 3.52. The van der Waals surface area contributed by atoms with Crippen LogP contribution in [-0.4, -0.2) is 21.0 Å². The molecule has 5 heteroatoms. The lowest BCUT2D eigenvalue weighted by molar-refractivity contribution is 0.675. The minimum atomic E-state index is 0.705. The molecule has 0 spiro atoms. The zero-order valence-corrected chi connectivity index (χ0v) is 10.7. The molecule has 3 rings (SSSR count). The molecular weight excluding hydrogens is 244 g/mol. The summed E-state index contributed by atoms with van der Waals surface area (Å²) in [5.41, 5.74) is 1.21. The summed E-state index contributed by atoms with van der Waals surface area (Å²) in [7, 11) is 0. The Hall–Kier alpha value is -1.46. The van der Waals surface area contributed by atoms with Gasteiger partial charge in [-0.2, -0.15) is 0 Å². The quantitative estimate of drug-likeness (QED) is 0.834. The molecule has 0 bridgehead atoms. The lowest BCUT2D eigenvalue weighted by Gasteiger charge is -2.07. The number of pyridine rings is 1. The van der Waals surface area contributed by atoms with Crippen LogP contribution in [0.3, 0.4) is 0 Å². The number of hydrogen-bond donors (Lipinski definition) is 1. The Morgan fingerprint density at radius 2 is 1.89 bits per heavy atom. The molecule has 1 saturated carbocycles. The summed E-state index contributed by atoms with van der Waals surface area (Å²) < 4.78 is 0. The van der Waals surface area contributed by atoms with E-state index >= 15 is 0 Å². The smallest absolute Gasteiger partial charge is 0.193 e. The van der Waals surface area contributed by atoms with Crippen molar-refractivity contribution in [1.29, 1.82) is 0 Å². The molecule has 0 radical (unpaired) electrons. The Labute approximate surface area is 110 Å². The molecule has 2 aromatic heterocycles. The SMILES string of the molecule is c1cnc(Sc2ncccc2CNC2CC2)nc1. The number of aromatic nitrogens is 3. The van der Waals surface area contributed by atoms with Crippen molar-refractivity contribution < 1.29 is 0 Å². The van der Waals surface area contributed by atoms with Gasteiger partial charge in [-0.25, -0.2) is 15.0 Å². The molecular formula is C13H14N4S. The number of nitrogens with zero attached hydrogens (tertiary/aromatic N) is 3. The van der Waals surface area contributed by atoms with E-state index in [4.69, 9.17) is 0 Å². The van der Waals surface area contributed by atoms with E-state index in [0.717, 1.165) is 16.7 Å². The molecule has 2 heterocycles. The molecule has 0 saturated heterocycles. The first-order valence-electron chi connectivity index (χ1n) is 6.04. The van der Waals surface area contributed by atoms with Crippen molar-refractivity contribution in [3.8, 4) is 0 Å². The van der Waals surface area contributed by atoms with E-state index in [1.807, 2.05) is 18.3 Å². The van der Waals surface area contributed by atoms with Crippen molar-refractivity contribution in [3.05, 3.63) is 42.4 Å². The predicted octanol–water partition coefficient (Wildman–Crippen LogP) is 2.27. The van der Waals surface area contributed by atoms with E-state index in [-0.39, 0.29) is 0 Å². The fourth-order valence-electron chi connectivity index (χ4n) is 1.62. The maximum absolute atomic E-state index is 4.42. The van der Waals surface area contributed by atoms with Gasteiger partial charge in [0.15, 0.2) is 5.16 Å². The molecule has 4 nitrogen and oxygen atoms in total. The van der Waals surface area contributed by atoms with Gasteiger partial charge >= 0.3 is 0 Å². The van der Waals surface area contributed by atoms with Gasteiger partial charge in [0, 0.05) is 31.2 Å². The summed E-state index contributed by atoms with van der Waals surface area (Å²) in [6, 6.07) is 6.60. The highest BCUT2D eigenvalue weighted by Gasteiger charge is 2.20. The fraction of sp³-hybridized carbons (Fsp3) is 0.308. The normalized spacial score (nSPS) is 14.7. The third kappa shape index (κ3) is 3.05. The van der Waals surface area contributed by atoms with E-state index in [1.165, 1.54) is 30.2 Å². The Morgan fingerprint density at radius 1 is 1.11 bits per heavy atom. The van der Waals surface area contributed by atoms with Crippen LogP contribution >= 0.6 is 11.8 Å². The van der Waals surface area contributed by atoms with Gasteiger partial charge in [0.25, 0.3) is 0 Å². The van der Waals surface area contributed by atoms with Crippen LogP contribution in [0, 0.1) is 0 Å². The van der Waals surface area contributed by atoms with E-state index < -0.39 is 0 Å². The molecule has 0 atom stereocenters. The second-order valence-corrected chi connectivity index (χ2v) is 5.21. The standard InChI is InChI=1S/C13H14N4S/c1-3-10(9-17-11-4-5-11)12(14-6-1)18-13-15-7-2-8-16-13/h1-3,6-8,11,17H,4-5,9H2. The summed E-state index contributed by atoms with van der Waals surface area (Å²) in [6.45, 7) is 0.869. The average molecular weight is 258 g/mol. The minimum absolute atomic E-state index is 0.705. The molecule has 1 aliphatic rings. The largest absolute Gasteiger partial charge is 0.310 e. The first-order valence-corrected chi connectivity index (χ1v) is 6.85. The van der Waals surface area contributed by atoms with Crippen LogP contribution < -0.4 is 5.32 Å². The van der Waals surface area contributed by atoms with E-state index in [2.05, 4.69) is 26.3 Å². The van der Waals surface area contributed by atoms with Crippen molar-refractivity contribution in [2.45, 2.75) is 35.6 Å². The zero-order chi connectivity index (χ0) is 12.2. The predicted molar refractivity (Wildman–Crippen MR) is 70.3 cm³/mol. The zero-order valence-electron chi connectivity index (χ0n) is 9.91. The molecule has 1 N–H and O–H groups in total. The summed E-state index contributed by atoms with van der Waals surface area (Å²) in [6.07, 6.45) is 7.90. The van der Waals surface area contributed by atoms with Crippen LogP contribution in [0.5, 0.6) is 0 Å². The van der Waals surface area contributed by atoms with Gasteiger partial charge < -0.3 is 5.32 Å². The molecule has 0 unspecified atom stereocenters. The summed E-state index contributed by atoms with van der Waals surface area (Å²) in [5, 5.41) is 5.23. The monoisotopic (exact) mass is 258 g/mol. The topological polar surface area (TPSA) is 50.7 Å². The molecule has 0 aliphatic heterocycles. The first-order chi connectivity index (χ1) is 8.92. The summed E-state index contributed by atoms with van der Waals surface area (Å²) in [4.78, 5) is 12.8. The number of rotatable bonds is 5. The Balaban J connectivity index is 1.73. The van der Waals surface area contributed by atoms with E-state index in [1.54, 1.807) is 12.4 Å². The van der Waals surface area contributed by atoms with Gasteiger partial charge in [-0.15, -0.1) is 0 Å². The summed E-state index contributed by atoms with van der Waals surface area (Å²) in [5.74, 6) is 0. The van der Waals surface area contributed by atoms with Crippen molar-refractivity contribution in [3.63, 3.8) is 0 Å². The highest BCUT2D eigenvalue weighted by Crippen LogP contribution is 2.26. The highest BCUT2D eigenvalue weighted by molar-refractivity contribution is 7.99. The maximum atomic E-state index is 4.42. The third-order valence-corrected chi connectivity index (χ3v) is 3.69. The van der Waals surface area contributed by atoms with E-state index in [0.29, 0.717) is 6.04 Å². The molecule has 1 aliphatic carbocycles. The molecule has 0 aromatic carbocycles. The van der Waals surface area contributed by atoms with Crippen LogP contribution in [0.25, 0.3) is 0 Å². The van der Waals surface area contributed by atoms with Crippen molar-refractivity contribution in [2.75, 3.05) is 0 Å². The average Bonchev–Trinajstić information content (AvgIpc) is 3.23. The first kappa shape index (κ1) is 11.6. The second kappa shape index (κ2) is 5.46. The van der Waals surface area contributed by atoms with Crippen molar-refractivity contribution in [2.24, 2.45) is 0 Å². The van der Waals surface area contributed by atoms with Crippen LogP contribution in [0.15, 0.2) is 47.0 Å². The molecule has 0 amide bonds. The van der Waals surface area contributed by atoms with Crippen LogP contribution in [-0.2, 0) is 6.54 Å². The third-order valence-electron chi connectivity index (χ3n) is 2.74. The Bertz CT molecular complexity index is 513. The summed E-state index contributed by atoms with van der Waals surface area (Å²) >= 11 is 1.51. The van der Waals surface area contributed by atoms with Crippen LogP contribution in [0.2, 0.25) is 0 Å². The van der Waals surface area contributed by atoms with Crippen LogP contribution in [0.1, 0.15) is 18.4 Å². The van der Waals surface area contributed by atoms with Gasteiger partial charge in [0.1, 0.15) is 5.03 Å². The van der Waals surface area contributed by atoms with Gasteiger partial charge in [-0.3, -0.25) is 0 Å². The second-order valence-electron chi connectivity index (χ2n) is 4.26. The van der Waals surface area contributed by atoms with Gasteiger partial charge in [-0.1, -0.05) is 6.07 Å². The van der Waals surface area contributed by atoms with Gasteiger partial charge in [0.05, 0.1) is 0 Å². The van der Waals surface area contributed by atoms with Gasteiger partial charge in [0.2, 0.25) is 0 Å². The molecule has 18 heavy (non-hydrogen) atoms. The maximum Gasteiger partial charge on any atom is 0.193 e. The van der Waals surface area contributed by atoms with Crippen molar-refractivity contribution >= 4 is 11.8 Å². The molecule has 92 valence electrons. The van der Waals surface area contributed by atoms with E-state index in [9.17, 15) is 0 Å². The lowest BCUT2D eigenvalue weighted by Crippen LogP contribution is -2.16. The van der Waals surface area contributed by atoms with Crippen LogP contribution in [0.4, 0.5) is 0 Å². The Morgan fingerprint density at radius 3 is 2.67 bits per heavy atom. The number of nitrogens with one attached hydrogen (secondary N) is 1. The minimum Gasteiger partial charge on any atom is -0.310 e. The lowest BCUT2D eigenvalue weighted by atomic mass is 10.3. The van der Waals surface area contributed by atoms with Gasteiger partial charge in [-0.05, 0) is 42.3 Å². The fourth-order valence-corrected chi connectivity index (χ4v) is 2.40. The number of hydrogen-bond acceptors (Lipinski definition) is 5. The molecule has 1 fully saturated rings.